The molecule has 2 aromatic carbocycles. The number of hydrogen-bond acceptors (Lipinski definition) is 3. The molecule has 0 aliphatic heterocycles. The van der Waals surface area contributed by atoms with Crippen LogP contribution < -0.4 is 10.5 Å². The van der Waals surface area contributed by atoms with E-state index in [0.29, 0.717) is 0 Å². The molecule has 2 aromatic rings. The number of hydrogen-bond donors (Lipinski definition) is 2. The molecule has 0 bridgehead atoms. The second-order valence-electron chi connectivity index (χ2n) is 3.90. The summed E-state index contributed by atoms with van der Waals surface area (Å²) in [4.78, 5) is -0.237. The Morgan fingerprint density at radius 1 is 1.10 bits per heavy atom. The number of benzene rings is 2. The van der Waals surface area contributed by atoms with E-state index in [0.717, 1.165) is 0 Å². The van der Waals surface area contributed by atoms with E-state index >= 15 is 0 Å². The lowest BCUT2D eigenvalue weighted by Crippen LogP contribution is -2.15. The van der Waals surface area contributed by atoms with Crippen LogP contribution in [-0.2, 0) is 10.0 Å². The molecule has 4 nitrogen and oxygen atoms in total. The van der Waals surface area contributed by atoms with Gasteiger partial charge in [0.05, 0.1) is 15.7 Å². The monoisotopic (exact) mass is 334 g/mol. The second-order valence-corrected chi connectivity index (χ2v) is 6.36. The van der Waals surface area contributed by atoms with Gasteiger partial charge in [0.2, 0.25) is 0 Å². The third-order valence-corrected chi connectivity index (χ3v) is 4.58. The quantitative estimate of drug-likeness (QED) is 0.843. The third kappa shape index (κ3) is 2.98. The van der Waals surface area contributed by atoms with Crippen LogP contribution >= 0.6 is 23.2 Å². The van der Waals surface area contributed by atoms with E-state index in [2.05, 4.69) is 4.72 Å². The summed E-state index contributed by atoms with van der Waals surface area (Å²) in [5.41, 5.74) is 5.48. The number of rotatable bonds is 3. The zero-order valence-electron chi connectivity index (χ0n) is 9.90. The Morgan fingerprint density at radius 3 is 2.50 bits per heavy atom. The van der Waals surface area contributed by atoms with Crippen LogP contribution in [0.1, 0.15) is 0 Å². The molecule has 0 fully saturated rings. The van der Waals surface area contributed by atoms with Gasteiger partial charge in [0.25, 0.3) is 10.0 Å². The highest BCUT2D eigenvalue weighted by Crippen LogP contribution is 2.28. The molecule has 0 saturated heterocycles. The molecule has 0 aliphatic rings. The van der Waals surface area contributed by atoms with Gasteiger partial charge in [-0.05, 0) is 30.3 Å². The van der Waals surface area contributed by atoms with Crippen LogP contribution in [0, 0.1) is 5.82 Å². The fraction of sp³-hybridized carbons (Fsp3) is 0. The van der Waals surface area contributed by atoms with Crippen molar-refractivity contribution in [3.8, 4) is 0 Å². The average Bonchev–Trinajstić information content (AvgIpc) is 2.37. The van der Waals surface area contributed by atoms with Crippen LogP contribution in [0.3, 0.4) is 0 Å². The molecule has 106 valence electrons. The Bertz CT molecular complexity index is 766. The van der Waals surface area contributed by atoms with Gasteiger partial charge in [-0.1, -0.05) is 29.3 Å². The number of sulfonamides is 1. The minimum Gasteiger partial charge on any atom is -0.399 e. The average molecular weight is 335 g/mol. The van der Waals surface area contributed by atoms with E-state index in [1.165, 1.54) is 36.4 Å². The summed E-state index contributed by atoms with van der Waals surface area (Å²) in [7, 11) is -4.07. The number of nitrogens with one attached hydrogen (secondary N) is 1. The van der Waals surface area contributed by atoms with Gasteiger partial charge >= 0.3 is 0 Å². The molecule has 2 rings (SSSR count). The minimum atomic E-state index is -4.07. The van der Waals surface area contributed by atoms with E-state index in [9.17, 15) is 12.8 Å². The summed E-state index contributed by atoms with van der Waals surface area (Å²) in [6.45, 7) is 0. The van der Waals surface area contributed by atoms with Gasteiger partial charge < -0.3 is 5.73 Å². The lowest BCUT2D eigenvalue weighted by Gasteiger charge is -2.11. The maximum absolute atomic E-state index is 13.7. The molecule has 20 heavy (non-hydrogen) atoms. The summed E-state index contributed by atoms with van der Waals surface area (Å²) < 4.78 is 40.2. The molecule has 0 radical (unpaired) electrons. The van der Waals surface area contributed by atoms with Gasteiger partial charge in [0, 0.05) is 5.69 Å². The minimum absolute atomic E-state index is 0.0193. The molecule has 0 amide bonds. The standard InChI is InChI=1S/C12H9Cl2FN2O2S/c13-8-5-4-7(16)6-11(8)20(18,19)17-10-3-1-2-9(14)12(10)15/h1-6,17H,16H2. The molecule has 0 spiro atoms. The van der Waals surface area contributed by atoms with E-state index < -0.39 is 15.8 Å². The van der Waals surface area contributed by atoms with Gasteiger partial charge in [-0.25, -0.2) is 12.8 Å². The van der Waals surface area contributed by atoms with Crippen LogP contribution in [0.25, 0.3) is 0 Å². The molecule has 0 unspecified atom stereocenters. The number of anilines is 2. The first-order valence-corrected chi connectivity index (χ1v) is 7.57. The molecular formula is C12H9Cl2FN2O2S. The van der Waals surface area contributed by atoms with Crippen molar-refractivity contribution in [1.29, 1.82) is 0 Å². The second kappa shape index (κ2) is 5.47. The van der Waals surface area contributed by atoms with Gasteiger partial charge in [-0.3, -0.25) is 4.72 Å². The normalized spacial score (nSPS) is 11.3. The summed E-state index contributed by atoms with van der Waals surface area (Å²) in [6, 6.07) is 7.97. The van der Waals surface area contributed by atoms with Crippen molar-refractivity contribution in [2.45, 2.75) is 4.90 Å². The van der Waals surface area contributed by atoms with Gasteiger partial charge in [0.1, 0.15) is 4.90 Å². The van der Waals surface area contributed by atoms with E-state index in [-0.39, 0.29) is 26.3 Å². The first kappa shape index (κ1) is 14.9. The smallest absolute Gasteiger partial charge is 0.263 e. The first-order valence-electron chi connectivity index (χ1n) is 5.33. The van der Waals surface area contributed by atoms with Crippen molar-refractivity contribution >= 4 is 44.6 Å². The SMILES string of the molecule is Nc1ccc(Cl)c(S(=O)(=O)Nc2cccc(Cl)c2F)c1. The Morgan fingerprint density at radius 2 is 1.80 bits per heavy atom. The topological polar surface area (TPSA) is 72.2 Å². The molecule has 0 heterocycles. The fourth-order valence-electron chi connectivity index (χ4n) is 1.51. The van der Waals surface area contributed by atoms with Crippen molar-refractivity contribution < 1.29 is 12.8 Å². The Labute approximate surface area is 125 Å². The first-order chi connectivity index (χ1) is 9.31. The predicted molar refractivity (Wildman–Crippen MR) is 78.1 cm³/mol. The van der Waals surface area contributed by atoms with E-state index in [1.807, 2.05) is 0 Å². The van der Waals surface area contributed by atoms with Crippen molar-refractivity contribution in [3.63, 3.8) is 0 Å². The zero-order valence-corrected chi connectivity index (χ0v) is 12.2. The van der Waals surface area contributed by atoms with Crippen molar-refractivity contribution in [2.24, 2.45) is 0 Å². The van der Waals surface area contributed by atoms with Crippen molar-refractivity contribution in [2.75, 3.05) is 10.5 Å². The Hall–Kier alpha value is -1.50. The van der Waals surface area contributed by atoms with Crippen LogP contribution in [0.2, 0.25) is 10.0 Å². The molecule has 0 aliphatic carbocycles. The van der Waals surface area contributed by atoms with Crippen LogP contribution in [-0.4, -0.2) is 8.42 Å². The Kier molecular flexibility index (Phi) is 4.08. The highest BCUT2D eigenvalue weighted by Gasteiger charge is 2.20. The van der Waals surface area contributed by atoms with Crippen LogP contribution in [0.4, 0.5) is 15.8 Å². The summed E-state index contributed by atoms with van der Waals surface area (Å²) in [5.74, 6) is -0.863. The predicted octanol–water partition coefficient (Wildman–Crippen LogP) is 3.52. The lowest BCUT2D eigenvalue weighted by molar-refractivity contribution is 0.598. The summed E-state index contributed by atoms with van der Waals surface area (Å²) >= 11 is 11.4. The molecule has 8 heteroatoms. The molecule has 0 saturated carbocycles. The van der Waals surface area contributed by atoms with Crippen molar-refractivity contribution in [3.05, 3.63) is 52.3 Å². The molecule has 0 aromatic heterocycles. The van der Waals surface area contributed by atoms with Crippen LogP contribution in [0.15, 0.2) is 41.3 Å². The third-order valence-electron chi connectivity index (χ3n) is 2.44. The summed E-state index contributed by atoms with van der Waals surface area (Å²) in [6.07, 6.45) is 0. The fourth-order valence-corrected chi connectivity index (χ4v) is 3.28. The molecular weight excluding hydrogens is 326 g/mol. The molecule has 0 atom stereocenters. The van der Waals surface area contributed by atoms with Crippen LogP contribution in [0.5, 0.6) is 0 Å². The van der Waals surface area contributed by atoms with E-state index in [4.69, 9.17) is 28.9 Å². The largest absolute Gasteiger partial charge is 0.399 e. The number of halogens is 3. The lowest BCUT2D eigenvalue weighted by atomic mass is 10.3. The maximum Gasteiger partial charge on any atom is 0.263 e. The van der Waals surface area contributed by atoms with Gasteiger partial charge in [-0.2, -0.15) is 0 Å². The zero-order chi connectivity index (χ0) is 14.9. The Balaban J connectivity index is 2.46. The summed E-state index contributed by atoms with van der Waals surface area (Å²) in [5, 5.41) is -0.210. The van der Waals surface area contributed by atoms with Gasteiger partial charge in [0.15, 0.2) is 5.82 Å². The number of nitrogens with two attached hydrogens (primary N) is 1. The highest BCUT2D eigenvalue weighted by atomic mass is 35.5. The highest BCUT2D eigenvalue weighted by molar-refractivity contribution is 7.92. The van der Waals surface area contributed by atoms with E-state index in [1.54, 1.807) is 0 Å². The van der Waals surface area contributed by atoms with Crippen molar-refractivity contribution in [1.82, 2.24) is 0 Å². The molecule has 3 N–H and O–H groups in total. The maximum atomic E-state index is 13.7. The van der Waals surface area contributed by atoms with Gasteiger partial charge in [-0.15, -0.1) is 0 Å². The number of nitrogen functional groups attached to an aromatic ring is 1.